The van der Waals surface area contributed by atoms with Crippen molar-refractivity contribution in [2.45, 2.75) is 43.0 Å². The SMILES string of the molecule is CC[C@H](C)[C@H](NC(=O)OCc1ccccc1)C(=O)Nc1nnc(SCc2cccs2)s1. The first kappa shape index (κ1) is 23.2. The van der Waals surface area contributed by atoms with E-state index in [2.05, 4.69) is 26.9 Å². The molecule has 0 saturated heterocycles. The van der Waals surface area contributed by atoms with E-state index in [1.54, 1.807) is 23.1 Å². The van der Waals surface area contributed by atoms with E-state index < -0.39 is 12.1 Å². The molecule has 2 amide bonds. The van der Waals surface area contributed by atoms with Crippen molar-refractivity contribution in [3.8, 4) is 0 Å². The summed E-state index contributed by atoms with van der Waals surface area (Å²) in [4.78, 5) is 26.3. The normalized spacial score (nSPS) is 12.7. The van der Waals surface area contributed by atoms with E-state index in [1.807, 2.05) is 55.6 Å². The molecular formula is C21H24N4O3S3. The van der Waals surface area contributed by atoms with Crippen molar-refractivity contribution in [1.29, 1.82) is 0 Å². The van der Waals surface area contributed by atoms with Crippen LogP contribution in [-0.2, 0) is 21.9 Å². The molecule has 3 rings (SSSR count). The number of nitrogens with one attached hydrogen (secondary N) is 2. The molecule has 2 atom stereocenters. The molecule has 31 heavy (non-hydrogen) atoms. The Bertz CT molecular complexity index is 963. The van der Waals surface area contributed by atoms with E-state index in [4.69, 9.17) is 4.74 Å². The summed E-state index contributed by atoms with van der Waals surface area (Å²) in [6.07, 6.45) is 0.0866. The van der Waals surface area contributed by atoms with Crippen LogP contribution in [0.2, 0.25) is 0 Å². The minimum absolute atomic E-state index is 0.0788. The average molecular weight is 477 g/mol. The smallest absolute Gasteiger partial charge is 0.408 e. The molecule has 0 aliphatic heterocycles. The third kappa shape index (κ3) is 7.34. The highest BCUT2D eigenvalue weighted by atomic mass is 32.2. The monoisotopic (exact) mass is 476 g/mol. The Labute approximate surface area is 193 Å². The number of benzene rings is 1. The van der Waals surface area contributed by atoms with Gasteiger partial charge in [0.1, 0.15) is 12.6 Å². The molecular weight excluding hydrogens is 452 g/mol. The highest BCUT2D eigenvalue weighted by molar-refractivity contribution is 8.00. The number of thiophene rings is 1. The summed E-state index contributed by atoms with van der Waals surface area (Å²) in [7, 11) is 0. The van der Waals surface area contributed by atoms with Gasteiger partial charge in [-0.25, -0.2) is 4.79 Å². The van der Waals surface area contributed by atoms with Crippen molar-refractivity contribution in [1.82, 2.24) is 15.5 Å². The predicted octanol–water partition coefficient (Wildman–Crippen LogP) is 5.17. The number of ether oxygens (including phenoxy) is 1. The van der Waals surface area contributed by atoms with Crippen LogP contribution in [-0.4, -0.2) is 28.2 Å². The number of carbonyl (C=O) groups is 2. The summed E-state index contributed by atoms with van der Waals surface area (Å²) in [5.41, 5.74) is 0.878. The van der Waals surface area contributed by atoms with Crippen LogP contribution in [0.25, 0.3) is 0 Å². The van der Waals surface area contributed by atoms with Gasteiger partial charge in [-0.3, -0.25) is 10.1 Å². The second-order valence-electron chi connectivity index (χ2n) is 6.80. The first-order valence-corrected chi connectivity index (χ1v) is 12.5. The van der Waals surface area contributed by atoms with E-state index in [-0.39, 0.29) is 18.4 Å². The van der Waals surface area contributed by atoms with Crippen molar-refractivity contribution < 1.29 is 14.3 Å². The van der Waals surface area contributed by atoms with Crippen LogP contribution in [0.5, 0.6) is 0 Å². The lowest BCUT2D eigenvalue weighted by Gasteiger charge is -2.22. The minimum Gasteiger partial charge on any atom is -0.445 e. The number of nitrogens with zero attached hydrogens (tertiary/aromatic N) is 2. The molecule has 1 aromatic carbocycles. The molecule has 0 aliphatic carbocycles. The fourth-order valence-corrected chi connectivity index (χ4v) is 5.15. The van der Waals surface area contributed by atoms with Gasteiger partial charge in [0, 0.05) is 10.6 Å². The first-order chi connectivity index (χ1) is 15.0. The Kier molecular flexibility index (Phi) is 8.86. The van der Waals surface area contributed by atoms with Crippen molar-refractivity contribution in [3.05, 3.63) is 58.3 Å². The molecule has 2 N–H and O–H groups in total. The molecule has 0 fully saturated rings. The van der Waals surface area contributed by atoms with Gasteiger partial charge in [-0.1, -0.05) is 79.8 Å². The fraction of sp³-hybridized carbons (Fsp3) is 0.333. The van der Waals surface area contributed by atoms with Crippen LogP contribution < -0.4 is 10.6 Å². The topological polar surface area (TPSA) is 93.2 Å². The molecule has 164 valence electrons. The van der Waals surface area contributed by atoms with E-state index in [9.17, 15) is 9.59 Å². The van der Waals surface area contributed by atoms with E-state index in [0.29, 0.717) is 5.13 Å². The zero-order chi connectivity index (χ0) is 22.1. The Morgan fingerprint density at radius 2 is 1.97 bits per heavy atom. The summed E-state index contributed by atoms with van der Waals surface area (Å²) in [5, 5.41) is 16.1. The number of rotatable bonds is 10. The maximum Gasteiger partial charge on any atom is 0.408 e. The number of aromatic nitrogens is 2. The summed E-state index contributed by atoms with van der Waals surface area (Å²) >= 11 is 4.58. The van der Waals surface area contributed by atoms with Gasteiger partial charge >= 0.3 is 6.09 Å². The van der Waals surface area contributed by atoms with Gasteiger partial charge in [-0.2, -0.15) is 0 Å². The fourth-order valence-electron chi connectivity index (χ4n) is 2.62. The molecule has 2 aromatic heterocycles. The summed E-state index contributed by atoms with van der Waals surface area (Å²) in [6.45, 7) is 4.01. The molecule has 0 unspecified atom stereocenters. The highest BCUT2D eigenvalue weighted by Crippen LogP contribution is 2.29. The lowest BCUT2D eigenvalue weighted by Crippen LogP contribution is -2.47. The molecule has 2 heterocycles. The Balaban J connectivity index is 1.53. The Hall–Kier alpha value is -2.43. The predicted molar refractivity (Wildman–Crippen MR) is 125 cm³/mol. The van der Waals surface area contributed by atoms with E-state index in [1.165, 1.54) is 16.2 Å². The first-order valence-electron chi connectivity index (χ1n) is 9.82. The summed E-state index contributed by atoms with van der Waals surface area (Å²) in [6, 6.07) is 12.7. The molecule has 7 nitrogen and oxygen atoms in total. The van der Waals surface area contributed by atoms with Gasteiger partial charge in [0.05, 0.1) is 0 Å². The van der Waals surface area contributed by atoms with Crippen LogP contribution in [0, 0.1) is 5.92 Å². The number of anilines is 1. The van der Waals surface area contributed by atoms with Crippen molar-refractivity contribution in [2.75, 3.05) is 5.32 Å². The van der Waals surface area contributed by atoms with Gasteiger partial charge in [0.2, 0.25) is 11.0 Å². The lowest BCUT2D eigenvalue weighted by molar-refractivity contribution is -0.119. The van der Waals surface area contributed by atoms with Crippen molar-refractivity contribution in [3.63, 3.8) is 0 Å². The van der Waals surface area contributed by atoms with Crippen LogP contribution >= 0.6 is 34.4 Å². The number of thioether (sulfide) groups is 1. The zero-order valence-corrected chi connectivity index (χ0v) is 19.7. The van der Waals surface area contributed by atoms with Crippen LogP contribution in [0.15, 0.2) is 52.2 Å². The molecule has 10 heteroatoms. The van der Waals surface area contributed by atoms with Crippen LogP contribution in [0.4, 0.5) is 9.93 Å². The standard InChI is InChI=1S/C21H24N4O3S3/c1-3-14(2)17(22-20(27)28-12-15-8-5-4-6-9-15)18(26)23-19-24-25-21(31-19)30-13-16-10-7-11-29-16/h4-11,14,17H,3,12-13H2,1-2H3,(H,22,27)(H,23,24,26)/t14-,17-/m0/s1. The van der Waals surface area contributed by atoms with E-state index in [0.717, 1.165) is 22.1 Å². The number of amides is 2. The van der Waals surface area contributed by atoms with E-state index >= 15 is 0 Å². The second kappa shape index (κ2) is 11.8. The van der Waals surface area contributed by atoms with Gasteiger partial charge in [-0.15, -0.1) is 21.5 Å². The van der Waals surface area contributed by atoms with Crippen molar-refractivity contribution in [2.24, 2.45) is 5.92 Å². The number of hydrogen-bond acceptors (Lipinski definition) is 8. The van der Waals surface area contributed by atoms with Gasteiger partial charge in [-0.05, 0) is 22.9 Å². The maximum atomic E-state index is 12.8. The Morgan fingerprint density at radius 3 is 2.68 bits per heavy atom. The zero-order valence-electron chi connectivity index (χ0n) is 17.2. The molecule has 0 saturated carbocycles. The number of carbonyl (C=O) groups excluding carboxylic acids is 2. The second-order valence-corrected chi connectivity index (χ2v) is 10.0. The third-order valence-electron chi connectivity index (χ3n) is 4.54. The quantitative estimate of drug-likeness (QED) is 0.310. The summed E-state index contributed by atoms with van der Waals surface area (Å²) < 4.78 is 6.04. The Morgan fingerprint density at radius 1 is 1.16 bits per heavy atom. The van der Waals surface area contributed by atoms with Crippen molar-refractivity contribution >= 4 is 51.6 Å². The van der Waals surface area contributed by atoms with Crippen LogP contribution in [0.3, 0.4) is 0 Å². The molecule has 0 spiro atoms. The number of hydrogen-bond donors (Lipinski definition) is 2. The lowest BCUT2D eigenvalue weighted by atomic mass is 9.98. The van der Waals surface area contributed by atoms with Crippen LogP contribution in [0.1, 0.15) is 30.7 Å². The van der Waals surface area contributed by atoms with Gasteiger partial charge in [0.15, 0.2) is 4.34 Å². The molecule has 3 aromatic rings. The van der Waals surface area contributed by atoms with Gasteiger partial charge < -0.3 is 10.1 Å². The largest absolute Gasteiger partial charge is 0.445 e. The third-order valence-corrected chi connectivity index (χ3v) is 7.62. The van der Waals surface area contributed by atoms with Gasteiger partial charge in [0.25, 0.3) is 0 Å². The molecule has 0 radical (unpaired) electrons. The number of alkyl carbamates (subject to hydrolysis) is 1. The average Bonchev–Trinajstić information content (AvgIpc) is 3.46. The molecule has 0 bridgehead atoms. The molecule has 0 aliphatic rings. The minimum atomic E-state index is -0.737. The summed E-state index contributed by atoms with van der Waals surface area (Å²) in [5.74, 6) is 0.395. The highest BCUT2D eigenvalue weighted by Gasteiger charge is 2.27. The maximum absolute atomic E-state index is 12.8.